The molecular weight excluding hydrogens is 502 g/mol. The molecule has 2 unspecified atom stereocenters. The second kappa shape index (κ2) is 10.3. The van der Waals surface area contributed by atoms with Gasteiger partial charge in [-0.2, -0.15) is 8.42 Å². The third kappa shape index (κ3) is 5.48. The molecule has 3 aromatic rings. The number of nitrogens with zero attached hydrogens (tertiary/aromatic N) is 2. The number of aryl methyl sites for hydroxylation is 2. The van der Waals surface area contributed by atoms with Crippen LogP contribution in [0.15, 0.2) is 81.4 Å². The highest BCUT2D eigenvalue weighted by Gasteiger charge is 2.38. The molecule has 2 atom stereocenters. The Kier molecular flexibility index (Phi) is 7.05. The van der Waals surface area contributed by atoms with Gasteiger partial charge in [-0.25, -0.2) is 9.78 Å². The molecule has 1 saturated carbocycles. The summed E-state index contributed by atoms with van der Waals surface area (Å²) in [5, 5.41) is 11.0. The Hall–Kier alpha value is -3.59. The number of benzene rings is 1. The fourth-order valence-electron chi connectivity index (χ4n) is 5.29. The number of sulfonamides is 1. The first-order chi connectivity index (χ1) is 18.2. The highest BCUT2D eigenvalue weighted by Crippen LogP contribution is 2.48. The van der Waals surface area contributed by atoms with Crippen LogP contribution in [0.1, 0.15) is 61.8 Å². The lowest BCUT2D eigenvalue weighted by molar-refractivity contribution is 0.318. The Labute approximate surface area is 222 Å². The summed E-state index contributed by atoms with van der Waals surface area (Å²) in [5.74, 6) is 0.170. The normalized spacial score (nSPS) is 19.9. The van der Waals surface area contributed by atoms with Crippen LogP contribution in [0.3, 0.4) is 0 Å². The third-order valence-corrected chi connectivity index (χ3v) is 8.94. The van der Waals surface area contributed by atoms with E-state index in [4.69, 9.17) is 4.42 Å². The molecule has 0 spiro atoms. The highest BCUT2D eigenvalue weighted by atomic mass is 32.2. The van der Waals surface area contributed by atoms with Gasteiger partial charge < -0.3 is 14.1 Å². The maximum atomic E-state index is 13.2. The van der Waals surface area contributed by atoms with E-state index >= 15 is 0 Å². The molecule has 5 rings (SSSR count). The van der Waals surface area contributed by atoms with Crippen molar-refractivity contribution in [2.24, 2.45) is 18.4 Å². The number of hydrogen-bond donors (Lipinski definition) is 2. The maximum Gasteiger partial charge on any atom is 0.343 e. The van der Waals surface area contributed by atoms with Gasteiger partial charge in [-0.1, -0.05) is 43.4 Å². The van der Waals surface area contributed by atoms with E-state index in [1.165, 1.54) is 12.5 Å². The Morgan fingerprint density at radius 2 is 2.08 bits per heavy atom. The van der Waals surface area contributed by atoms with Gasteiger partial charge >= 0.3 is 5.63 Å². The van der Waals surface area contributed by atoms with Gasteiger partial charge in [-0.3, -0.25) is 4.72 Å². The number of nitrogens with one attached hydrogen (secondary N) is 1. The van der Waals surface area contributed by atoms with Crippen molar-refractivity contribution in [2.45, 2.75) is 56.4 Å². The summed E-state index contributed by atoms with van der Waals surface area (Å²) in [7, 11) is -2.17. The van der Waals surface area contributed by atoms with Crippen molar-refractivity contribution in [3.8, 4) is 5.75 Å². The summed E-state index contributed by atoms with van der Waals surface area (Å²) in [6.07, 6.45) is 16.4. The number of imidazole rings is 1. The van der Waals surface area contributed by atoms with E-state index in [1.807, 2.05) is 12.1 Å². The van der Waals surface area contributed by atoms with Crippen LogP contribution in [-0.4, -0.2) is 23.1 Å². The molecule has 200 valence electrons. The smallest absolute Gasteiger partial charge is 0.343 e. The second-order valence-electron chi connectivity index (χ2n) is 10.4. The summed E-state index contributed by atoms with van der Waals surface area (Å²) < 4.78 is 35.4. The van der Waals surface area contributed by atoms with E-state index in [-0.39, 0.29) is 27.7 Å². The van der Waals surface area contributed by atoms with Gasteiger partial charge in [-0.15, -0.1) is 0 Å². The van der Waals surface area contributed by atoms with Crippen molar-refractivity contribution in [1.82, 2.24) is 9.55 Å². The van der Waals surface area contributed by atoms with Crippen LogP contribution in [0.2, 0.25) is 0 Å². The zero-order valence-corrected chi connectivity index (χ0v) is 22.4. The van der Waals surface area contributed by atoms with Gasteiger partial charge in [0.1, 0.15) is 11.5 Å². The number of hydrogen-bond acceptors (Lipinski definition) is 6. The van der Waals surface area contributed by atoms with Crippen LogP contribution in [0.25, 0.3) is 0 Å². The largest absolute Gasteiger partial charge is 0.507 e. The minimum absolute atomic E-state index is 0.0290. The van der Waals surface area contributed by atoms with Crippen molar-refractivity contribution in [2.75, 3.05) is 4.72 Å². The van der Waals surface area contributed by atoms with Gasteiger partial charge in [0.15, 0.2) is 5.03 Å². The van der Waals surface area contributed by atoms with Crippen molar-refractivity contribution >= 4 is 15.7 Å². The summed E-state index contributed by atoms with van der Waals surface area (Å²) in [6.45, 7) is 2.16. The number of aromatic hydroxyl groups is 1. The molecule has 9 heteroatoms. The minimum Gasteiger partial charge on any atom is -0.507 e. The lowest BCUT2D eigenvalue weighted by Gasteiger charge is -2.30. The third-order valence-electron chi connectivity index (χ3n) is 7.67. The Morgan fingerprint density at radius 1 is 1.26 bits per heavy atom. The summed E-state index contributed by atoms with van der Waals surface area (Å²) >= 11 is 0. The van der Waals surface area contributed by atoms with Crippen molar-refractivity contribution in [3.05, 3.63) is 94.5 Å². The van der Waals surface area contributed by atoms with E-state index in [1.54, 1.807) is 35.9 Å². The molecule has 2 aromatic heterocycles. The van der Waals surface area contributed by atoms with E-state index in [9.17, 15) is 18.3 Å². The Balaban J connectivity index is 1.40. The molecule has 0 radical (unpaired) electrons. The summed E-state index contributed by atoms with van der Waals surface area (Å²) in [5.41, 5.74) is 0.820. The number of anilines is 1. The predicted molar refractivity (Wildman–Crippen MR) is 146 cm³/mol. The molecule has 8 nitrogen and oxygen atoms in total. The Morgan fingerprint density at radius 3 is 2.71 bits per heavy atom. The first-order valence-corrected chi connectivity index (χ1v) is 14.5. The van der Waals surface area contributed by atoms with Crippen molar-refractivity contribution < 1.29 is 17.9 Å². The zero-order chi connectivity index (χ0) is 26.9. The van der Waals surface area contributed by atoms with E-state index in [2.05, 4.69) is 34.9 Å². The molecule has 0 aliphatic heterocycles. The van der Waals surface area contributed by atoms with Crippen LogP contribution in [0.4, 0.5) is 5.69 Å². The standard InChI is InChI=1S/C29H33N3O5S/c1-3-29(13-5-4-6-14-29)15-12-23-17-24(33)27(28(34)37-23)26(20-10-11-20)21-8-7-9-22(16-21)31-38(35,36)25-18-32(2)19-30-25/h4-9,13,16-20,26,31,33H,3,10-12,14-15H2,1-2H3. The van der Waals surface area contributed by atoms with E-state index in [0.717, 1.165) is 37.7 Å². The minimum atomic E-state index is -3.87. The van der Waals surface area contributed by atoms with E-state index < -0.39 is 21.6 Å². The monoisotopic (exact) mass is 535 g/mol. The van der Waals surface area contributed by atoms with Crippen LogP contribution >= 0.6 is 0 Å². The van der Waals surface area contributed by atoms with E-state index in [0.29, 0.717) is 17.9 Å². The molecule has 2 heterocycles. The molecule has 0 bridgehead atoms. The zero-order valence-electron chi connectivity index (χ0n) is 21.6. The summed E-state index contributed by atoms with van der Waals surface area (Å²) in [4.78, 5) is 17.2. The molecule has 2 aliphatic carbocycles. The molecule has 38 heavy (non-hydrogen) atoms. The van der Waals surface area contributed by atoms with Gasteiger partial charge in [0.05, 0.1) is 11.9 Å². The molecule has 1 fully saturated rings. The number of aromatic nitrogens is 2. The average Bonchev–Trinajstić information content (AvgIpc) is 3.63. The van der Waals surface area contributed by atoms with Crippen molar-refractivity contribution in [3.63, 3.8) is 0 Å². The molecule has 1 aromatic carbocycles. The van der Waals surface area contributed by atoms with Gasteiger partial charge in [0, 0.05) is 37.3 Å². The van der Waals surface area contributed by atoms with Gasteiger partial charge in [0.25, 0.3) is 10.0 Å². The first kappa shape index (κ1) is 26.0. The van der Waals surface area contributed by atoms with Crippen LogP contribution in [0.5, 0.6) is 5.75 Å². The van der Waals surface area contributed by atoms with Crippen LogP contribution in [-0.2, 0) is 23.5 Å². The van der Waals surface area contributed by atoms with Gasteiger partial charge in [-0.05, 0) is 61.1 Å². The molecule has 0 amide bonds. The maximum absolute atomic E-state index is 13.2. The molecule has 2 N–H and O–H groups in total. The second-order valence-corrected chi connectivity index (χ2v) is 12.1. The first-order valence-electron chi connectivity index (χ1n) is 13.0. The quantitative estimate of drug-likeness (QED) is 0.366. The lowest BCUT2D eigenvalue weighted by Crippen LogP contribution is -2.20. The van der Waals surface area contributed by atoms with Crippen molar-refractivity contribution in [1.29, 1.82) is 0 Å². The topological polar surface area (TPSA) is 114 Å². The molecule has 0 saturated heterocycles. The number of rotatable bonds is 10. The SMILES string of the molecule is CCC1(CCc2cc(O)c(C(c3cccc(NS(=O)(=O)c4cn(C)cn4)c3)C3CC3)c(=O)o2)C=CC=CC1. The van der Waals surface area contributed by atoms with Crippen LogP contribution < -0.4 is 10.3 Å². The Bertz CT molecular complexity index is 1550. The van der Waals surface area contributed by atoms with Crippen LogP contribution in [0, 0.1) is 11.3 Å². The predicted octanol–water partition coefficient (Wildman–Crippen LogP) is 5.27. The number of allylic oxidation sites excluding steroid dienone is 4. The van der Waals surface area contributed by atoms with Gasteiger partial charge in [0.2, 0.25) is 0 Å². The fourth-order valence-corrected chi connectivity index (χ4v) is 6.32. The molecule has 2 aliphatic rings. The lowest BCUT2D eigenvalue weighted by atomic mass is 9.75. The average molecular weight is 536 g/mol. The molecular formula is C29H33N3O5S. The fraction of sp³-hybridized carbons (Fsp3) is 0.379. The summed E-state index contributed by atoms with van der Waals surface area (Å²) in [6, 6.07) is 8.53. The highest BCUT2D eigenvalue weighted by molar-refractivity contribution is 7.92.